The molecule has 4 bridgehead atoms. The minimum atomic E-state index is -3.64. The molecule has 11 heteroatoms. The first kappa shape index (κ1) is 22.5. The monoisotopic (exact) mass is 505 g/mol. The van der Waals surface area contributed by atoms with E-state index in [1.54, 1.807) is 30.6 Å². The molecule has 7 rings (SSSR count). The molecule has 1 aromatic heterocycles. The minimum absolute atomic E-state index is 0.0295. The van der Waals surface area contributed by atoms with Gasteiger partial charge >= 0.3 is 0 Å². The van der Waals surface area contributed by atoms with Gasteiger partial charge in [0.2, 0.25) is 21.2 Å². The van der Waals surface area contributed by atoms with Gasteiger partial charge in [-0.1, -0.05) is 6.07 Å². The van der Waals surface area contributed by atoms with Crippen molar-refractivity contribution in [2.24, 2.45) is 17.3 Å². The number of nitrogens with one attached hydrogen (secondary N) is 1. The van der Waals surface area contributed by atoms with Gasteiger partial charge in [-0.3, -0.25) is 4.79 Å². The van der Waals surface area contributed by atoms with E-state index in [-0.39, 0.29) is 21.6 Å². The molecular weight excluding hydrogens is 478 g/mol. The lowest BCUT2D eigenvalue weighted by molar-refractivity contribution is -0.150. The predicted octanol–water partition coefficient (Wildman–Crippen LogP) is 2.89. The lowest BCUT2D eigenvalue weighted by Gasteiger charge is -2.60. The van der Waals surface area contributed by atoms with Crippen molar-refractivity contribution >= 4 is 33.2 Å². The summed E-state index contributed by atoms with van der Waals surface area (Å²) in [6.07, 6.45) is 7.23. The Morgan fingerprint density at radius 1 is 1.15 bits per heavy atom. The standard InChI is InChI=1S/C23H28ClN5O4S/c24-21-25-15-29(27-21)23-12-16-8-17(13-23)11-22(10-16,14-23)20(30)26-18-2-1-3-19(9-18)34(31,32)28-4-6-33-7-5-28/h1-3,9,15-17H,4-8,10-14H2,(H,26,30)/t16-,17-,22?,23?/m0/s1. The van der Waals surface area contributed by atoms with Gasteiger partial charge in [0.05, 0.1) is 29.1 Å². The topological polar surface area (TPSA) is 106 Å². The number of rotatable bonds is 5. The lowest BCUT2D eigenvalue weighted by atomic mass is 9.46. The Morgan fingerprint density at radius 2 is 1.88 bits per heavy atom. The van der Waals surface area contributed by atoms with Gasteiger partial charge < -0.3 is 10.1 Å². The highest BCUT2D eigenvalue weighted by Gasteiger charge is 2.61. The molecule has 2 aromatic rings. The van der Waals surface area contributed by atoms with Crippen molar-refractivity contribution < 1.29 is 17.9 Å². The Labute approximate surface area is 203 Å². The molecule has 9 nitrogen and oxygen atoms in total. The van der Waals surface area contributed by atoms with Gasteiger partial charge in [-0.25, -0.2) is 18.1 Å². The van der Waals surface area contributed by atoms with Crippen molar-refractivity contribution in [2.45, 2.75) is 49.0 Å². The fourth-order valence-electron chi connectivity index (χ4n) is 7.15. The van der Waals surface area contributed by atoms with Gasteiger partial charge in [-0.05, 0) is 80.2 Å². The summed E-state index contributed by atoms with van der Waals surface area (Å²) in [5.74, 6) is 0.893. The van der Waals surface area contributed by atoms with Crippen LogP contribution in [0.4, 0.5) is 5.69 Å². The molecule has 0 spiro atoms. The predicted molar refractivity (Wildman–Crippen MR) is 125 cm³/mol. The van der Waals surface area contributed by atoms with Crippen LogP contribution in [0.3, 0.4) is 0 Å². The molecule has 1 N–H and O–H groups in total. The fourth-order valence-corrected chi connectivity index (χ4v) is 8.73. The highest BCUT2D eigenvalue weighted by molar-refractivity contribution is 7.89. The van der Waals surface area contributed by atoms with Crippen LogP contribution in [0.5, 0.6) is 0 Å². The maximum absolute atomic E-state index is 13.7. The molecule has 4 aliphatic carbocycles. The molecule has 0 unspecified atom stereocenters. The minimum Gasteiger partial charge on any atom is -0.379 e. The normalized spacial score (nSPS) is 33.2. The summed E-state index contributed by atoms with van der Waals surface area (Å²) < 4.78 is 34.8. The molecule has 34 heavy (non-hydrogen) atoms. The second-order valence-corrected chi connectivity index (χ2v) is 12.7. The fraction of sp³-hybridized carbons (Fsp3) is 0.609. The van der Waals surface area contributed by atoms with Crippen molar-refractivity contribution in [3.8, 4) is 0 Å². The maximum atomic E-state index is 13.7. The molecule has 1 saturated heterocycles. The van der Waals surface area contributed by atoms with Gasteiger partial charge in [0.15, 0.2) is 0 Å². The summed E-state index contributed by atoms with van der Waals surface area (Å²) >= 11 is 6.03. The van der Waals surface area contributed by atoms with Gasteiger partial charge in [-0.15, -0.1) is 5.10 Å². The molecule has 2 atom stereocenters. The molecular formula is C23H28ClN5O4S. The number of hydrogen-bond donors (Lipinski definition) is 1. The van der Waals surface area contributed by atoms with Crippen LogP contribution in [0.1, 0.15) is 38.5 Å². The number of amides is 1. The van der Waals surface area contributed by atoms with E-state index in [0.717, 1.165) is 32.1 Å². The Balaban J connectivity index is 1.26. The molecule has 1 aromatic carbocycles. The molecule has 5 fully saturated rings. The van der Waals surface area contributed by atoms with Gasteiger partial charge in [0.25, 0.3) is 0 Å². The number of aromatic nitrogens is 3. The van der Waals surface area contributed by atoms with Crippen LogP contribution in [-0.2, 0) is 25.1 Å². The molecule has 0 radical (unpaired) electrons. The Bertz CT molecular complexity index is 1210. The second kappa shape index (κ2) is 8.01. The smallest absolute Gasteiger partial charge is 0.243 e. The van der Waals surface area contributed by atoms with E-state index in [4.69, 9.17) is 16.3 Å². The molecule has 1 amide bonds. The average molecular weight is 506 g/mol. The number of nitrogens with zero attached hydrogens (tertiary/aromatic N) is 4. The van der Waals surface area contributed by atoms with Crippen LogP contribution >= 0.6 is 11.6 Å². The Kier molecular flexibility index (Phi) is 5.29. The summed E-state index contributed by atoms with van der Waals surface area (Å²) in [5, 5.41) is 7.72. The molecule has 4 saturated carbocycles. The summed E-state index contributed by atoms with van der Waals surface area (Å²) in [4.78, 5) is 18.1. The van der Waals surface area contributed by atoms with Crippen LogP contribution in [-0.4, -0.2) is 59.7 Å². The highest BCUT2D eigenvalue weighted by atomic mass is 35.5. The van der Waals surface area contributed by atoms with Crippen LogP contribution in [0.15, 0.2) is 35.5 Å². The first-order valence-corrected chi connectivity index (χ1v) is 13.7. The summed E-state index contributed by atoms with van der Waals surface area (Å²) in [5.41, 5.74) is -0.224. The van der Waals surface area contributed by atoms with Crippen LogP contribution in [0.2, 0.25) is 5.28 Å². The van der Waals surface area contributed by atoms with Crippen molar-refractivity contribution in [2.75, 3.05) is 31.6 Å². The van der Waals surface area contributed by atoms with E-state index in [0.29, 0.717) is 50.2 Å². The molecule has 1 aliphatic heterocycles. The summed E-state index contributed by atoms with van der Waals surface area (Å²) in [6, 6.07) is 6.58. The first-order valence-electron chi connectivity index (χ1n) is 11.9. The largest absolute Gasteiger partial charge is 0.379 e. The summed E-state index contributed by atoms with van der Waals surface area (Å²) in [6.45, 7) is 1.44. The number of carbonyl (C=O) groups is 1. The zero-order valence-corrected chi connectivity index (χ0v) is 20.4. The number of anilines is 1. The number of benzene rings is 1. The van der Waals surface area contributed by atoms with Crippen molar-refractivity contribution in [1.29, 1.82) is 0 Å². The SMILES string of the molecule is O=C(Nc1cccc(S(=O)(=O)N2CCOCC2)c1)C12C[C@@H]3C[C@@H](C1)CC(n1cnc(Cl)n1)(C3)C2. The van der Waals surface area contributed by atoms with E-state index in [1.165, 1.54) is 4.31 Å². The number of morpholine rings is 1. The van der Waals surface area contributed by atoms with Gasteiger partial charge in [0.1, 0.15) is 6.33 Å². The summed E-state index contributed by atoms with van der Waals surface area (Å²) in [7, 11) is -3.64. The van der Waals surface area contributed by atoms with E-state index in [9.17, 15) is 13.2 Å². The van der Waals surface area contributed by atoms with E-state index in [2.05, 4.69) is 15.4 Å². The third-order valence-electron chi connectivity index (χ3n) is 8.16. The Morgan fingerprint density at radius 3 is 2.56 bits per heavy atom. The van der Waals surface area contributed by atoms with Crippen molar-refractivity contribution in [3.63, 3.8) is 0 Å². The highest BCUT2D eigenvalue weighted by Crippen LogP contribution is 2.64. The zero-order valence-electron chi connectivity index (χ0n) is 18.8. The number of sulfonamides is 1. The average Bonchev–Trinajstić information content (AvgIpc) is 3.26. The number of halogens is 1. The number of hydrogen-bond acceptors (Lipinski definition) is 6. The van der Waals surface area contributed by atoms with E-state index < -0.39 is 15.4 Å². The van der Waals surface area contributed by atoms with Crippen LogP contribution < -0.4 is 5.32 Å². The third kappa shape index (κ3) is 3.66. The van der Waals surface area contributed by atoms with Crippen molar-refractivity contribution in [1.82, 2.24) is 19.1 Å². The number of ether oxygens (including phenoxy) is 1. The molecule has 182 valence electrons. The van der Waals surface area contributed by atoms with Crippen LogP contribution in [0.25, 0.3) is 0 Å². The second-order valence-electron chi connectivity index (χ2n) is 10.4. The van der Waals surface area contributed by atoms with Gasteiger partial charge in [-0.2, -0.15) is 4.31 Å². The third-order valence-corrected chi connectivity index (χ3v) is 10.2. The van der Waals surface area contributed by atoms with E-state index >= 15 is 0 Å². The molecule has 2 heterocycles. The maximum Gasteiger partial charge on any atom is 0.243 e. The van der Waals surface area contributed by atoms with Gasteiger partial charge in [0, 0.05) is 18.8 Å². The first-order chi connectivity index (χ1) is 16.3. The zero-order chi connectivity index (χ0) is 23.6. The number of carbonyl (C=O) groups excluding carboxylic acids is 1. The van der Waals surface area contributed by atoms with E-state index in [1.807, 2.05) is 4.68 Å². The Hall–Kier alpha value is -2.01. The quantitative estimate of drug-likeness (QED) is 0.669. The molecule has 5 aliphatic rings. The lowest BCUT2D eigenvalue weighted by Crippen LogP contribution is -2.60. The van der Waals surface area contributed by atoms with Crippen LogP contribution in [0, 0.1) is 17.3 Å². The van der Waals surface area contributed by atoms with Crippen molar-refractivity contribution in [3.05, 3.63) is 35.9 Å².